The predicted octanol–water partition coefficient (Wildman–Crippen LogP) is 2.62. The first-order valence-corrected chi connectivity index (χ1v) is 6.55. The van der Waals surface area contributed by atoms with Crippen molar-refractivity contribution in [3.05, 3.63) is 41.7 Å². The van der Waals surface area contributed by atoms with Crippen LogP contribution in [0.25, 0.3) is 0 Å². The molecular formula is C15H24N2O. The van der Waals surface area contributed by atoms with Gasteiger partial charge in [-0.25, -0.2) is 0 Å². The van der Waals surface area contributed by atoms with Gasteiger partial charge in [-0.15, -0.1) is 0 Å². The van der Waals surface area contributed by atoms with Gasteiger partial charge in [-0.2, -0.15) is 0 Å². The second-order valence-corrected chi connectivity index (χ2v) is 4.78. The van der Waals surface area contributed by atoms with Gasteiger partial charge in [0.1, 0.15) is 0 Å². The Kier molecular flexibility index (Phi) is 6.61. The molecule has 3 heteroatoms. The molecular weight excluding hydrogens is 224 g/mol. The van der Waals surface area contributed by atoms with Crippen molar-refractivity contribution in [1.82, 2.24) is 9.88 Å². The fraction of sp³-hybridized carbons (Fsp3) is 0.533. The third-order valence-corrected chi connectivity index (χ3v) is 3.02. The van der Waals surface area contributed by atoms with Gasteiger partial charge in [0.05, 0.1) is 12.3 Å². The van der Waals surface area contributed by atoms with Gasteiger partial charge in [-0.05, 0) is 32.4 Å². The van der Waals surface area contributed by atoms with E-state index in [0.29, 0.717) is 0 Å². The van der Waals surface area contributed by atoms with Crippen molar-refractivity contribution < 1.29 is 5.11 Å². The van der Waals surface area contributed by atoms with E-state index in [2.05, 4.69) is 36.7 Å². The summed E-state index contributed by atoms with van der Waals surface area (Å²) in [4.78, 5) is 6.63. The molecule has 0 fully saturated rings. The van der Waals surface area contributed by atoms with Gasteiger partial charge in [0.2, 0.25) is 0 Å². The van der Waals surface area contributed by atoms with Crippen LogP contribution < -0.4 is 0 Å². The van der Waals surface area contributed by atoms with Gasteiger partial charge >= 0.3 is 0 Å². The molecule has 18 heavy (non-hydrogen) atoms. The normalized spacial score (nSPS) is 12.5. The average Bonchev–Trinajstić information content (AvgIpc) is 2.38. The fourth-order valence-corrected chi connectivity index (χ4v) is 1.85. The van der Waals surface area contributed by atoms with Crippen LogP contribution in [0, 0.1) is 0 Å². The molecule has 0 aliphatic rings. The summed E-state index contributed by atoms with van der Waals surface area (Å²) in [5.41, 5.74) is 2.35. The minimum absolute atomic E-state index is 0.194. The number of hydrogen-bond donors (Lipinski definition) is 1. The van der Waals surface area contributed by atoms with Crippen molar-refractivity contribution in [3.63, 3.8) is 0 Å². The maximum atomic E-state index is 9.46. The lowest BCUT2D eigenvalue weighted by atomic mass is 10.1. The number of aliphatic hydroxyl groups excluding tert-OH is 1. The molecule has 0 amide bonds. The van der Waals surface area contributed by atoms with Crippen molar-refractivity contribution in [2.24, 2.45) is 0 Å². The molecule has 0 saturated heterocycles. The number of aliphatic hydroxyl groups is 1. The van der Waals surface area contributed by atoms with Crippen LogP contribution in [-0.2, 0) is 6.54 Å². The van der Waals surface area contributed by atoms with Crippen LogP contribution in [0.3, 0.4) is 0 Å². The lowest BCUT2D eigenvalue weighted by Crippen LogP contribution is -2.37. The molecule has 1 atom stereocenters. The summed E-state index contributed by atoms with van der Waals surface area (Å²) < 4.78 is 0. The highest BCUT2D eigenvalue weighted by Crippen LogP contribution is 2.09. The van der Waals surface area contributed by atoms with Gasteiger partial charge in [-0.1, -0.05) is 24.6 Å². The molecule has 1 aromatic rings. The highest BCUT2D eigenvalue weighted by molar-refractivity contribution is 5.04. The quantitative estimate of drug-likeness (QED) is 0.754. The Labute approximate surface area is 110 Å². The predicted molar refractivity (Wildman–Crippen MR) is 75.2 cm³/mol. The summed E-state index contributed by atoms with van der Waals surface area (Å²) in [5, 5.41) is 9.46. The molecule has 0 aliphatic heterocycles. The molecule has 0 aliphatic carbocycles. The summed E-state index contributed by atoms with van der Waals surface area (Å²) in [6.45, 7) is 8.13. The third kappa shape index (κ3) is 4.98. The lowest BCUT2D eigenvalue weighted by Gasteiger charge is -2.28. The Morgan fingerprint density at radius 1 is 1.44 bits per heavy atom. The van der Waals surface area contributed by atoms with Crippen molar-refractivity contribution in [3.8, 4) is 0 Å². The molecule has 1 heterocycles. The van der Waals surface area contributed by atoms with E-state index >= 15 is 0 Å². The number of allylic oxidation sites excluding steroid dienone is 1. The van der Waals surface area contributed by atoms with Crippen molar-refractivity contribution >= 4 is 0 Å². The van der Waals surface area contributed by atoms with E-state index in [0.717, 1.165) is 25.2 Å². The zero-order valence-corrected chi connectivity index (χ0v) is 11.6. The van der Waals surface area contributed by atoms with Gasteiger partial charge in [0.25, 0.3) is 0 Å². The largest absolute Gasteiger partial charge is 0.395 e. The van der Waals surface area contributed by atoms with Gasteiger partial charge in [0.15, 0.2) is 0 Å². The van der Waals surface area contributed by atoms with Crippen LogP contribution >= 0.6 is 0 Å². The monoisotopic (exact) mass is 248 g/mol. The number of nitrogens with zero attached hydrogens (tertiary/aromatic N) is 2. The van der Waals surface area contributed by atoms with Crippen LogP contribution in [0.5, 0.6) is 0 Å². The van der Waals surface area contributed by atoms with Crippen molar-refractivity contribution in [2.75, 3.05) is 13.2 Å². The molecule has 100 valence electrons. The maximum Gasteiger partial charge on any atom is 0.0587 e. The maximum absolute atomic E-state index is 9.46. The van der Waals surface area contributed by atoms with E-state index < -0.39 is 0 Å². The Balaban J connectivity index is 2.73. The molecule has 0 spiro atoms. The van der Waals surface area contributed by atoms with Crippen molar-refractivity contribution in [1.29, 1.82) is 0 Å². The molecule has 0 aromatic carbocycles. The minimum Gasteiger partial charge on any atom is -0.395 e. The number of rotatable bonds is 7. The number of pyridine rings is 1. The molecule has 0 radical (unpaired) electrons. The zero-order valence-electron chi connectivity index (χ0n) is 11.6. The summed E-state index contributed by atoms with van der Waals surface area (Å²) >= 11 is 0. The van der Waals surface area contributed by atoms with E-state index in [1.807, 2.05) is 24.4 Å². The van der Waals surface area contributed by atoms with Crippen LogP contribution in [0.15, 0.2) is 36.0 Å². The first-order valence-electron chi connectivity index (χ1n) is 6.55. The lowest BCUT2D eigenvalue weighted by molar-refractivity contribution is 0.123. The van der Waals surface area contributed by atoms with Crippen LogP contribution in [0.2, 0.25) is 0 Å². The summed E-state index contributed by atoms with van der Waals surface area (Å²) in [5.74, 6) is 0. The Hall–Kier alpha value is -1.19. The molecule has 1 aromatic heterocycles. The Morgan fingerprint density at radius 2 is 2.22 bits per heavy atom. The molecule has 0 bridgehead atoms. The smallest absolute Gasteiger partial charge is 0.0587 e. The summed E-state index contributed by atoms with van der Waals surface area (Å²) in [6, 6.07) is 6.15. The SMILES string of the molecule is CCC(CO)N(CC=C(C)C)Cc1ccccn1. The van der Waals surface area contributed by atoms with E-state index in [1.54, 1.807) is 0 Å². The summed E-state index contributed by atoms with van der Waals surface area (Å²) in [7, 11) is 0. The Bertz CT molecular complexity index is 354. The second kappa shape index (κ2) is 8.01. The van der Waals surface area contributed by atoms with Crippen LogP contribution in [-0.4, -0.2) is 34.2 Å². The molecule has 1 unspecified atom stereocenters. The van der Waals surface area contributed by atoms with Gasteiger partial charge < -0.3 is 5.11 Å². The van der Waals surface area contributed by atoms with Crippen LogP contribution in [0.4, 0.5) is 0 Å². The van der Waals surface area contributed by atoms with E-state index in [-0.39, 0.29) is 12.6 Å². The molecule has 3 nitrogen and oxygen atoms in total. The first kappa shape index (κ1) is 14.9. The topological polar surface area (TPSA) is 36.4 Å². The van der Waals surface area contributed by atoms with E-state index in [4.69, 9.17) is 0 Å². The van der Waals surface area contributed by atoms with Crippen LogP contribution in [0.1, 0.15) is 32.9 Å². The minimum atomic E-state index is 0.194. The fourth-order valence-electron chi connectivity index (χ4n) is 1.85. The Morgan fingerprint density at radius 3 is 2.72 bits per heavy atom. The van der Waals surface area contributed by atoms with E-state index in [9.17, 15) is 5.11 Å². The van der Waals surface area contributed by atoms with E-state index in [1.165, 1.54) is 5.57 Å². The highest BCUT2D eigenvalue weighted by Gasteiger charge is 2.15. The third-order valence-electron chi connectivity index (χ3n) is 3.02. The molecule has 0 saturated carbocycles. The zero-order chi connectivity index (χ0) is 13.4. The average molecular weight is 248 g/mol. The summed E-state index contributed by atoms with van der Waals surface area (Å²) in [6.07, 6.45) is 4.95. The van der Waals surface area contributed by atoms with Crippen molar-refractivity contribution in [2.45, 2.75) is 39.8 Å². The standard InChI is InChI=1S/C15H24N2O/c1-4-15(12-18)17(10-8-13(2)3)11-14-7-5-6-9-16-14/h5-9,15,18H,4,10-12H2,1-3H3. The molecule has 1 N–H and O–H groups in total. The number of hydrogen-bond acceptors (Lipinski definition) is 3. The van der Waals surface area contributed by atoms with Gasteiger partial charge in [-0.3, -0.25) is 9.88 Å². The first-order chi connectivity index (χ1) is 8.67. The number of aromatic nitrogens is 1. The second-order valence-electron chi connectivity index (χ2n) is 4.78. The molecule has 1 rings (SSSR count). The van der Waals surface area contributed by atoms with Gasteiger partial charge in [0, 0.05) is 25.3 Å². The highest BCUT2D eigenvalue weighted by atomic mass is 16.3.